The maximum Gasteiger partial charge on any atom is 0.0571 e. The van der Waals surface area contributed by atoms with Crippen LogP contribution < -0.4 is 0 Å². The lowest BCUT2D eigenvalue weighted by Crippen LogP contribution is -2.56. The van der Waals surface area contributed by atoms with Crippen LogP contribution in [0.5, 0.6) is 0 Å². The number of hydrogen-bond donors (Lipinski definition) is 1. The molecule has 0 aliphatic heterocycles. The van der Waals surface area contributed by atoms with Gasteiger partial charge in [0.1, 0.15) is 0 Å². The van der Waals surface area contributed by atoms with Crippen molar-refractivity contribution in [3.8, 4) is 0 Å². The highest BCUT2D eigenvalue weighted by Gasteiger charge is 2.55. The third-order valence-electron chi connectivity index (χ3n) is 4.31. The van der Waals surface area contributed by atoms with Crippen LogP contribution in [-0.2, 0) is 0 Å². The van der Waals surface area contributed by atoms with Crippen molar-refractivity contribution in [2.45, 2.75) is 39.7 Å². The van der Waals surface area contributed by atoms with Crippen LogP contribution in [0.25, 0.3) is 0 Å². The minimum absolute atomic E-state index is 0.00762. The van der Waals surface area contributed by atoms with Crippen molar-refractivity contribution >= 4 is 0 Å². The smallest absolute Gasteiger partial charge is 0.0571 e. The Labute approximate surface area is 68.8 Å². The molecule has 64 valence electrons. The van der Waals surface area contributed by atoms with Gasteiger partial charge >= 0.3 is 0 Å². The highest BCUT2D eigenvalue weighted by atomic mass is 16.3. The van der Waals surface area contributed by atoms with Gasteiger partial charge in [0.25, 0.3) is 0 Å². The zero-order valence-corrected chi connectivity index (χ0v) is 7.67. The summed E-state index contributed by atoms with van der Waals surface area (Å²) in [5.74, 6) is 2.13. The van der Waals surface area contributed by atoms with Crippen LogP contribution in [0.3, 0.4) is 0 Å². The molecule has 3 rings (SSSR count). The fourth-order valence-electron chi connectivity index (χ4n) is 3.12. The molecular formula is C10H18O. The third-order valence-corrected chi connectivity index (χ3v) is 4.31. The molecule has 0 saturated heterocycles. The van der Waals surface area contributed by atoms with Gasteiger partial charge in [-0.1, -0.05) is 20.8 Å². The summed E-state index contributed by atoms with van der Waals surface area (Å²) in [5, 5.41) is 9.61. The van der Waals surface area contributed by atoms with Crippen LogP contribution >= 0.6 is 0 Å². The van der Waals surface area contributed by atoms with Crippen molar-refractivity contribution in [3.63, 3.8) is 0 Å². The lowest BCUT2D eigenvalue weighted by atomic mass is 9.45. The molecule has 0 aromatic rings. The van der Waals surface area contributed by atoms with E-state index in [1.807, 2.05) is 0 Å². The quantitative estimate of drug-likeness (QED) is 0.566. The van der Waals surface area contributed by atoms with Crippen molar-refractivity contribution in [3.05, 3.63) is 0 Å². The van der Waals surface area contributed by atoms with Crippen molar-refractivity contribution in [2.75, 3.05) is 0 Å². The molecule has 1 heteroatoms. The molecule has 1 nitrogen and oxygen atoms in total. The predicted octanol–water partition coefficient (Wildman–Crippen LogP) is 2.05. The van der Waals surface area contributed by atoms with E-state index in [2.05, 4.69) is 20.8 Å². The molecular weight excluding hydrogens is 136 g/mol. The largest absolute Gasteiger partial charge is 0.393 e. The standard InChI is InChI=1S/C10H18O/c1-6-8-4-7(5-9(6)11)10(8,2)3/h6-9,11H,4-5H2,1-3H3/t6?,7-,8+,9?/m1/s1. The Morgan fingerprint density at radius 2 is 1.91 bits per heavy atom. The molecule has 0 spiro atoms. The first kappa shape index (κ1) is 7.60. The van der Waals surface area contributed by atoms with Gasteiger partial charge in [0.05, 0.1) is 6.10 Å². The summed E-state index contributed by atoms with van der Waals surface area (Å²) in [4.78, 5) is 0. The molecule has 2 bridgehead atoms. The van der Waals surface area contributed by atoms with E-state index in [0.717, 1.165) is 18.3 Å². The van der Waals surface area contributed by atoms with Gasteiger partial charge in [0.15, 0.2) is 0 Å². The van der Waals surface area contributed by atoms with E-state index in [-0.39, 0.29) is 6.10 Å². The lowest BCUT2D eigenvalue weighted by molar-refractivity contribution is -0.154. The van der Waals surface area contributed by atoms with E-state index in [1.54, 1.807) is 0 Å². The van der Waals surface area contributed by atoms with E-state index < -0.39 is 0 Å². The monoisotopic (exact) mass is 154 g/mol. The van der Waals surface area contributed by atoms with Gasteiger partial charge in [0, 0.05) is 0 Å². The molecule has 2 unspecified atom stereocenters. The second-order valence-corrected chi connectivity index (χ2v) is 5.02. The average Bonchev–Trinajstić information content (AvgIpc) is 1.93. The van der Waals surface area contributed by atoms with Crippen LogP contribution in [-0.4, -0.2) is 11.2 Å². The zero-order chi connectivity index (χ0) is 8.22. The lowest BCUT2D eigenvalue weighted by Gasteiger charge is -2.61. The van der Waals surface area contributed by atoms with Gasteiger partial charge in [-0.25, -0.2) is 0 Å². The molecule has 3 fully saturated rings. The van der Waals surface area contributed by atoms with Crippen molar-refractivity contribution in [1.29, 1.82) is 0 Å². The Morgan fingerprint density at radius 3 is 2.27 bits per heavy atom. The number of rotatable bonds is 0. The van der Waals surface area contributed by atoms with Gasteiger partial charge in [0.2, 0.25) is 0 Å². The Kier molecular flexibility index (Phi) is 1.39. The van der Waals surface area contributed by atoms with E-state index in [9.17, 15) is 5.11 Å². The Morgan fingerprint density at radius 1 is 1.27 bits per heavy atom. The highest BCUT2D eigenvalue weighted by Crippen LogP contribution is 2.61. The molecule has 1 N–H and O–H groups in total. The summed E-state index contributed by atoms with van der Waals surface area (Å²) >= 11 is 0. The summed E-state index contributed by atoms with van der Waals surface area (Å²) in [7, 11) is 0. The Balaban J connectivity index is 2.17. The maximum atomic E-state index is 9.61. The molecule has 0 aromatic carbocycles. The second-order valence-electron chi connectivity index (χ2n) is 5.02. The fourth-order valence-corrected chi connectivity index (χ4v) is 3.12. The van der Waals surface area contributed by atoms with Crippen molar-refractivity contribution < 1.29 is 5.11 Å². The van der Waals surface area contributed by atoms with Gasteiger partial charge in [-0.05, 0) is 36.0 Å². The summed E-state index contributed by atoms with van der Waals surface area (Å²) < 4.78 is 0. The number of aliphatic hydroxyl groups is 1. The van der Waals surface area contributed by atoms with Gasteiger partial charge in [-0.3, -0.25) is 0 Å². The summed E-state index contributed by atoms with van der Waals surface area (Å²) in [6, 6.07) is 0. The summed E-state index contributed by atoms with van der Waals surface area (Å²) in [6.07, 6.45) is 2.40. The molecule has 0 radical (unpaired) electrons. The molecule has 3 aliphatic rings. The van der Waals surface area contributed by atoms with Gasteiger partial charge in [-0.15, -0.1) is 0 Å². The van der Waals surface area contributed by atoms with Crippen LogP contribution in [0, 0.1) is 23.2 Å². The van der Waals surface area contributed by atoms with E-state index in [0.29, 0.717) is 11.3 Å². The molecule has 11 heavy (non-hydrogen) atoms. The first-order valence-electron chi connectivity index (χ1n) is 4.71. The molecule has 3 aliphatic carbocycles. The molecule has 0 aromatic heterocycles. The second kappa shape index (κ2) is 2.01. The number of fused-ring (bicyclic) bond motifs is 2. The Bertz CT molecular complexity index is 174. The molecule has 3 saturated carbocycles. The first-order valence-corrected chi connectivity index (χ1v) is 4.71. The minimum atomic E-state index is -0.00762. The van der Waals surface area contributed by atoms with Crippen LogP contribution in [0.1, 0.15) is 33.6 Å². The molecule has 0 amide bonds. The first-order chi connectivity index (χ1) is 5.03. The molecule has 0 heterocycles. The van der Waals surface area contributed by atoms with Crippen molar-refractivity contribution in [2.24, 2.45) is 23.2 Å². The van der Waals surface area contributed by atoms with E-state index in [1.165, 1.54) is 6.42 Å². The van der Waals surface area contributed by atoms with Gasteiger partial charge in [-0.2, -0.15) is 0 Å². The van der Waals surface area contributed by atoms with Crippen molar-refractivity contribution in [1.82, 2.24) is 0 Å². The fraction of sp³-hybridized carbons (Fsp3) is 1.00. The van der Waals surface area contributed by atoms with Crippen LogP contribution in [0.2, 0.25) is 0 Å². The zero-order valence-electron chi connectivity index (χ0n) is 7.67. The van der Waals surface area contributed by atoms with Crippen LogP contribution in [0.15, 0.2) is 0 Å². The van der Waals surface area contributed by atoms with E-state index in [4.69, 9.17) is 0 Å². The normalized spacial score (nSPS) is 53.5. The summed E-state index contributed by atoms with van der Waals surface area (Å²) in [5.41, 5.74) is 0.526. The SMILES string of the molecule is CC1C(O)C[C@H]2C[C@@H]1C2(C)C. The predicted molar refractivity (Wildman–Crippen MR) is 45.2 cm³/mol. The highest BCUT2D eigenvalue weighted by molar-refractivity contribution is 5.04. The van der Waals surface area contributed by atoms with Gasteiger partial charge < -0.3 is 5.11 Å². The Hall–Kier alpha value is -0.0400. The number of hydrogen-bond acceptors (Lipinski definition) is 1. The number of aliphatic hydroxyl groups excluding tert-OH is 1. The summed E-state index contributed by atoms with van der Waals surface area (Å²) in [6.45, 7) is 6.91. The minimum Gasteiger partial charge on any atom is -0.393 e. The van der Waals surface area contributed by atoms with E-state index >= 15 is 0 Å². The topological polar surface area (TPSA) is 20.2 Å². The third kappa shape index (κ3) is 0.807. The maximum absolute atomic E-state index is 9.61. The molecule has 4 atom stereocenters. The van der Waals surface area contributed by atoms with Crippen LogP contribution in [0.4, 0.5) is 0 Å². The average molecular weight is 154 g/mol.